The minimum Gasteiger partial charge on any atom is -0.298 e. The van der Waals surface area contributed by atoms with Gasteiger partial charge in [-0.05, 0) is 62.9 Å². The van der Waals surface area contributed by atoms with Crippen LogP contribution in [-0.2, 0) is 21.1 Å². The Balaban J connectivity index is 1.81. The Hall–Kier alpha value is -2.38. The number of aryl methyl sites for hydroxylation is 1. The van der Waals surface area contributed by atoms with Crippen LogP contribution < -0.4 is 0 Å². The predicted octanol–water partition coefficient (Wildman–Crippen LogP) is 4.58. The number of carbonyl (C=O) groups excluding carboxylic acids is 1. The second kappa shape index (κ2) is 9.71. The van der Waals surface area contributed by atoms with E-state index in [-0.39, 0.29) is 5.78 Å². The van der Waals surface area contributed by atoms with E-state index in [1.807, 2.05) is 42.5 Å². The summed E-state index contributed by atoms with van der Waals surface area (Å²) in [6.07, 6.45) is 5.05. The maximum Gasteiger partial charge on any atom is 0.159 e. The Morgan fingerprint density at radius 1 is 0.893 bits per heavy atom. The summed E-state index contributed by atoms with van der Waals surface area (Å²) in [6, 6.07) is 18.1. The summed E-state index contributed by atoms with van der Waals surface area (Å²) in [6.45, 7) is 2.91. The summed E-state index contributed by atoms with van der Waals surface area (Å²) < 4.78 is 22.6. The maximum atomic E-state index is 11.9. The van der Waals surface area contributed by atoms with Crippen molar-refractivity contribution < 1.29 is 13.2 Å². The molecule has 1 unspecified atom stereocenters. The van der Waals surface area contributed by atoms with Crippen molar-refractivity contribution in [3.63, 3.8) is 0 Å². The topological polar surface area (TPSA) is 51.2 Å². The van der Waals surface area contributed by atoms with Crippen LogP contribution in [0.1, 0.15) is 56.2 Å². The number of rotatable bonds is 8. The van der Waals surface area contributed by atoms with Crippen LogP contribution in [0.25, 0.3) is 0 Å². The Kier molecular flexibility index (Phi) is 7.60. The zero-order valence-corrected chi connectivity index (χ0v) is 17.7. The molecule has 28 heavy (non-hydrogen) atoms. The quantitative estimate of drug-likeness (QED) is 0.485. The standard InChI is InChI=1S/C24H28O3S/c1-20(25)24(2,28(3,26)27)19-9-5-8-12-22-14-17-23(18-15-22)16-13-21-10-6-4-7-11-21/h4,6-7,10-11,14-15,17-18H,5,8-9,12,19H2,1-3H3. The van der Waals surface area contributed by atoms with Gasteiger partial charge in [0, 0.05) is 17.4 Å². The van der Waals surface area contributed by atoms with Crippen LogP contribution in [0, 0.1) is 11.8 Å². The van der Waals surface area contributed by atoms with Gasteiger partial charge in [0.25, 0.3) is 0 Å². The minimum absolute atomic E-state index is 0.276. The molecule has 0 N–H and O–H groups in total. The fraction of sp³-hybridized carbons (Fsp3) is 0.375. The van der Waals surface area contributed by atoms with Crippen molar-refractivity contribution in [2.24, 2.45) is 0 Å². The highest BCUT2D eigenvalue weighted by atomic mass is 32.2. The lowest BCUT2D eigenvalue weighted by Gasteiger charge is -2.24. The van der Waals surface area contributed by atoms with Crippen molar-refractivity contribution in [1.82, 2.24) is 0 Å². The SMILES string of the molecule is CC(=O)C(C)(CCCCCc1ccc(C#Cc2ccccc2)cc1)S(C)(=O)=O. The molecule has 2 aromatic rings. The third-order valence-electron chi connectivity index (χ3n) is 5.26. The average molecular weight is 397 g/mol. The van der Waals surface area contributed by atoms with Crippen LogP contribution >= 0.6 is 0 Å². The van der Waals surface area contributed by atoms with E-state index in [1.54, 1.807) is 6.92 Å². The first-order valence-corrected chi connectivity index (χ1v) is 11.5. The van der Waals surface area contributed by atoms with Crippen LogP contribution in [0.2, 0.25) is 0 Å². The first-order chi connectivity index (χ1) is 13.2. The van der Waals surface area contributed by atoms with Gasteiger partial charge in [0.05, 0.1) is 0 Å². The number of benzene rings is 2. The smallest absolute Gasteiger partial charge is 0.159 e. The Labute approximate surface area is 169 Å². The predicted molar refractivity (Wildman–Crippen MR) is 115 cm³/mol. The van der Waals surface area contributed by atoms with Crippen molar-refractivity contribution in [1.29, 1.82) is 0 Å². The molecule has 148 valence electrons. The molecule has 0 heterocycles. The second-order valence-corrected chi connectivity index (χ2v) is 9.88. The lowest BCUT2D eigenvalue weighted by molar-refractivity contribution is -0.119. The second-order valence-electron chi connectivity index (χ2n) is 7.43. The minimum atomic E-state index is -3.40. The molecule has 0 saturated heterocycles. The highest BCUT2D eigenvalue weighted by Crippen LogP contribution is 2.25. The first-order valence-electron chi connectivity index (χ1n) is 9.59. The number of unbranched alkanes of at least 4 members (excludes halogenated alkanes) is 2. The molecular formula is C24H28O3S. The van der Waals surface area contributed by atoms with E-state index in [2.05, 4.69) is 24.0 Å². The number of carbonyl (C=O) groups is 1. The highest BCUT2D eigenvalue weighted by Gasteiger charge is 2.39. The molecular weight excluding hydrogens is 368 g/mol. The molecule has 0 amide bonds. The van der Waals surface area contributed by atoms with Crippen LogP contribution in [0.15, 0.2) is 54.6 Å². The molecule has 4 heteroatoms. The Morgan fingerprint density at radius 2 is 1.46 bits per heavy atom. The van der Waals surface area contributed by atoms with Crippen LogP contribution in [-0.4, -0.2) is 25.2 Å². The van der Waals surface area contributed by atoms with Crippen LogP contribution in [0.5, 0.6) is 0 Å². The molecule has 2 aromatic carbocycles. The lowest BCUT2D eigenvalue weighted by atomic mass is 9.97. The van der Waals surface area contributed by atoms with Gasteiger partial charge in [-0.25, -0.2) is 8.42 Å². The van der Waals surface area contributed by atoms with E-state index in [0.29, 0.717) is 6.42 Å². The summed E-state index contributed by atoms with van der Waals surface area (Å²) >= 11 is 0. The molecule has 0 bridgehead atoms. The maximum absolute atomic E-state index is 11.9. The first kappa shape index (κ1) is 21.9. The monoisotopic (exact) mass is 396 g/mol. The highest BCUT2D eigenvalue weighted by molar-refractivity contribution is 7.92. The van der Waals surface area contributed by atoms with E-state index >= 15 is 0 Å². The number of hydrogen-bond donors (Lipinski definition) is 0. The van der Waals surface area contributed by atoms with Gasteiger partial charge in [-0.1, -0.05) is 55.0 Å². The van der Waals surface area contributed by atoms with Crippen molar-refractivity contribution in [3.05, 3.63) is 71.3 Å². The van der Waals surface area contributed by atoms with Gasteiger partial charge >= 0.3 is 0 Å². The molecule has 3 nitrogen and oxygen atoms in total. The van der Waals surface area contributed by atoms with E-state index in [9.17, 15) is 13.2 Å². The van der Waals surface area contributed by atoms with Crippen molar-refractivity contribution in [2.75, 3.05) is 6.26 Å². The van der Waals surface area contributed by atoms with Gasteiger partial charge in [0.1, 0.15) is 4.75 Å². The normalized spacial score (nSPS) is 13.2. The van der Waals surface area contributed by atoms with E-state index < -0.39 is 14.6 Å². The summed E-state index contributed by atoms with van der Waals surface area (Å²) in [4.78, 5) is 11.8. The number of hydrogen-bond acceptors (Lipinski definition) is 3. The number of Topliss-reactive ketones (excluding diaryl/α,β-unsaturated/α-hetero) is 1. The van der Waals surface area contributed by atoms with E-state index in [1.165, 1.54) is 12.5 Å². The molecule has 2 rings (SSSR count). The Bertz CT molecular complexity index is 948. The van der Waals surface area contributed by atoms with Crippen LogP contribution in [0.4, 0.5) is 0 Å². The summed E-state index contributed by atoms with van der Waals surface area (Å²) in [7, 11) is -3.40. The third kappa shape index (κ3) is 6.07. The summed E-state index contributed by atoms with van der Waals surface area (Å²) in [5.74, 6) is 6.04. The zero-order chi connectivity index (χ0) is 20.6. The van der Waals surface area contributed by atoms with E-state index in [0.717, 1.165) is 43.1 Å². The summed E-state index contributed by atoms with van der Waals surface area (Å²) in [5, 5.41) is 0. The molecule has 0 spiro atoms. The van der Waals surface area contributed by atoms with Gasteiger partial charge in [-0.3, -0.25) is 4.79 Å². The van der Waals surface area contributed by atoms with Gasteiger partial charge in [0.2, 0.25) is 0 Å². The molecule has 0 radical (unpaired) electrons. The fourth-order valence-corrected chi connectivity index (χ4v) is 4.05. The largest absolute Gasteiger partial charge is 0.298 e. The molecule has 0 aromatic heterocycles. The third-order valence-corrected chi connectivity index (χ3v) is 7.39. The average Bonchev–Trinajstić information content (AvgIpc) is 2.66. The van der Waals surface area contributed by atoms with Gasteiger partial charge in [-0.15, -0.1) is 0 Å². The van der Waals surface area contributed by atoms with Crippen LogP contribution in [0.3, 0.4) is 0 Å². The molecule has 1 atom stereocenters. The fourth-order valence-electron chi connectivity index (χ4n) is 3.01. The van der Waals surface area contributed by atoms with E-state index in [4.69, 9.17) is 0 Å². The molecule has 0 aliphatic carbocycles. The van der Waals surface area contributed by atoms with Crippen molar-refractivity contribution >= 4 is 15.6 Å². The lowest BCUT2D eigenvalue weighted by Crippen LogP contribution is -2.41. The number of ketones is 1. The summed E-state index contributed by atoms with van der Waals surface area (Å²) in [5.41, 5.74) is 3.22. The van der Waals surface area contributed by atoms with Gasteiger partial charge in [-0.2, -0.15) is 0 Å². The van der Waals surface area contributed by atoms with Gasteiger partial charge in [0.15, 0.2) is 15.6 Å². The molecule has 0 saturated carbocycles. The van der Waals surface area contributed by atoms with Crippen molar-refractivity contribution in [2.45, 2.75) is 50.7 Å². The Morgan fingerprint density at radius 3 is 2.00 bits per heavy atom. The molecule has 0 fully saturated rings. The molecule has 0 aliphatic heterocycles. The number of sulfone groups is 1. The molecule has 0 aliphatic rings. The zero-order valence-electron chi connectivity index (χ0n) is 16.9. The van der Waals surface area contributed by atoms with Crippen molar-refractivity contribution in [3.8, 4) is 11.8 Å². The van der Waals surface area contributed by atoms with Gasteiger partial charge < -0.3 is 0 Å².